The van der Waals surface area contributed by atoms with E-state index in [0.29, 0.717) is 5.02 Å². The second-order valence-electron chi connectivity index (χ2n) is 5.06. The monoisotopic (exact) mass is 369 g/mol. The largest absolute Gasteiger partial charge is 0.310 e. The third-order valence-electron chi connectivity index (χ3n) is 3.53. The standard InChI is InChI=1S/C17H18BrClFN/c1-3-21-17(12-5-7-15(18)16(19)9-12)10-13-8-14(20)6-4-11(13)2/h4-9,17,21H,3,10H2,1-2H3. The van der Waals surface area contributed by atoms with E-state index in [4.69, 9.17) is 11.6 Å². The first-order valence-corrected chi connectivity index (χ1v) is 8.11. The molecule has 0 heterocycles. The average Bonchev–Trinajstić information content (AvgIpc) is 2.45. The zero-order valence-electron chi connectivity index (χ0n) is 12.1. The smallest absolute Gasteiger partial charge is 0.123 e. The van der Waals surface area contributed by atoms with E-state index in [9.17, 15) is 4.39 Å². The van der Waals surface area contributed by atoms with Crippen LogP contribution in [0.25, 0.3) is 0 Å². The van der Waals surface area contributed by atoms with Gasteiger partial charge in [0.2, 0.25) is 0 Å². The number of halogens is 3. The van der Waals surface area contributed by atoms with Crippen LogP contribution in [-0.2, 0) is 6.42 Å². The lowest BCUT2D eigenvalue weighted by Gasteiger charge is -2.20. The Bertz CT molecular complexity index is 630. The summed E-state index contributed by atoms with van der Waals surface area (Å²) in [7, 11) is 0. The van der Waals surface area contributed by atoms with Gasteiger partial charge in [-0.25, -0.2) is 4.39 Å². The Morgan fingerprint density at radius 2 is 2.00 bits per heavy atom. The molecule has 0 amide bonds. The summed E-state index contributed by atoms with van der Waals surface area (Å²) in [5.74, 6) is -0.195. The van der Waals surface area contributed by atoms with Gasteiger partial charge >= 0.3 is 0 Å². The van der Waals surface area contributed by atoms with E-state index < -0.39 is 0 Å². The zero-order valence-corrected chi connectivity index (χ0v) is 14.4. The van der Waals surface area contributed by atoms with Crippen LogP contribution >= 0.6 is 27.5 Å². The first kappa shape index (κ1) is 16.5. The highest BCUT2D eigenvalue weighted by Crippen LogP contribution is 2.28. The summed E-state index contributed by atoms with van der Waals surface area (Å²) in [6.07, 6.45) is 0.732. The van der Waals surface area contributed by atoms with Crippen molar-refractivity contribution in [2.45, 2.75) is 26.3 Å². The molecule has 21 heavy (non-hydrogen) atoms. The van der Waals surface area contributed by atoms with Crippen LogP contribution in [0.1, 0.15) is 29.7 Å². The summed E-state index contributed by atoms with van der Waals surface area (Å²) in [5.41, 5.74) is 3.22. The minimum absolute atomic E-state index is 0.112. The van der Waals surface area contributed by atoms with Crippen molar-refractivity contribution in [2.75, 3.05) is 6.54 Å². The number of benzene rings is 2. The quantitative estimate of drug-likeness (QED) is 0.738. The van der Waals surface area contributed by atoms with Crippen molar-refractivity contribution in [1.82, 2.24) is 5.32 Å². The van der Waals surface area contributed by atoms with Gasteiger partial charge < -0.3 is 5.32 Å². The highest BCUT2D eigenvalue weighted by atomic mass is 79.9. The average molecular weight is 371 g/mol. The van der Waals surface area contributed by atoms with E-state index in [1.54, 1.807) is 6.07 Å². The molecule has 1 nitrogen and oxygen atoms in total. The van der Waals surface area contributed by atoms with Crippen LogP contribution in [0.3, 0.4) is 0 Å². The maximum Gasteiger partial charge on any atom is 0.123 e. The third-order valence-corrected chi connectivity index (χ3v) is 4.76. The van der Waals surface area contributed by atoms with Crippen LogP contribution in [-0.4, -0.2) is 6.54 Å². The van der Waals surface area contributed by atoms with Gasteiger partial charge in [0.05, 0.1) is 5.02 Å². The fraction of sp³-hybridized carbons (Fsp3) is 0.294. The van der Waals surface area contributed by atoms with E-state index in [0.717, 1.165) is 34.1 Å². The fourth-order valence-electron chi connectivity index (χ4n) is 2.36. The predicted molar refractivity (Wildman–Crippen MR) is 90.4 cm³/mol. The van der Waals surface area contributed by atoms with Gasteiger partial charge in [0, 0.05) is 10.5 Å². The third kappa shape index (κ3) is 4.29. The molecule has 0 aromatic heterocycles. The van der Waals surface area contributed by atoms with Gasteiger partial charge in [-0.05, 0) is 76.8 Å². The summed E-state index contributed by atoms with van der Waals surface area (Å²) >= 11 is 9.59. The number of hydrogen-bond acceptors (Lipinski definition) is 1. The Morgan fingerprint density at radius 3 is 2.67 bits per heavy atom. The van der Waals surface area contributed by atoms with E-state index in [-0.39, 0.29) is 11.9 Å². The summed E-state index contributed by atoms with van der Waals surface area (Å²) in [5, 5.41) is 4.13. The maximum atomic E-state index is 13.5. The van der Waals surface area contributed by atoms with Crippen molar-refractivity contribution in [3.63, 3.8) is 0 Å². The number of rotatable bonds is 5. The van der Waals surface area contributed by atoms with E-state index in [1.165, 1.54) is 6.07 Å². The molecular formula is C17H18BrClFN. The fourth-order valence-corrected chi connectivity index (χ4v) is 2.80. The number of hydrogen-bond donors (Lipinski definition) is 1. The molecule has 4 heteroatoms. The van der Waals surface area contributed by atoms with Crippen LogP contribution in [0.15, 0.2) is 40.9 Å². The molecule has 0 saturated heterocycles. The molecule has 0 radical (unpaired) electrons. The molecule has 1 atom stereocenters. The van der Waals surface area contributed by atoms with Gasteiger partial charge in [0.1, 0.15) is 5.82 Å². The summed E-state index contributed by atoms with van der Waals surface area (Å²) in [4.78, 5) is 0. The highest BCUT2D eigenvalue weighted by Gasteiger charge is 2.14. The van der Waals surface area contributed by atoms with Gasteiger partial charge in [-0.3, -0.25) is 0 Å². The molecule has 1 unspecified atom stereocenters. The molecule has 2 aromatic carbocycles. The van der Waals surface area contributed by atoms with Gasteiger partial charge in [-0.15, -0.1) is 0 Å². The van der Waals surface area contributed by atoms with E-state index in [1.807, 2.05) is 31.2 Å². The molecule has 2 aromatic rings. The molecule has 2 rings (SSSR count). The van der Waals surface area contributed by atoms with E-state index in [2.05, 4.69) is 28.2 Å². The van der Waals surface area contributed by atoms with Crippen LogP contribution < -0.4 is 5.32 Å². The molecule has 112 valence electrons. The molecule has 0 bridgehead atoms. The van der Waals surface area contributed by atoms with Crippen LogP contribution in [0.2, 0.25) is 5.02 Å². The lowest BCUT2D eigenvalue weighted by Crippen LogP contribution is -2.23. The zero-order chi connectivity index (χ0) is 15.4. The van der Waals surface area contributed by atoms with Crippen molar-refractivity contribution in [1.29, 1.82) is 0 Å². The second kappa shape index (κ2) is 7.39. The minimum atomic E-state index is -0.195. The molecular weight excluding hydrogens is 353 g/mol. The molecule has 0 aliphatic rings. The summed E-state index contributed by atoms with van der Waals surface area (Å²) < 4.78 is 14.3. The topological polar surface area (TPSA) is 12.0 Å². The number of aryl methyl sites for hydroxylation is 1. The predicted octanol–water partition coefficient (Wildman–Crippen LogP) is 5.44. The number of nitrogens with one attached hydrogen (secondary N) is 1. The minimum Gasteiger partial charge on any atom is -0.310 e. The van der Waals surface area contributed by atoms with Crippen molar-refractivity contribution in [2.24, 2.45) is 0 Å². The summed E-state index contributed by atoms with van der Waals surface area (Å²) in [6, 6.07) is 11.0. The van der Waals surface area contributed by atoms with Crippen molar-refractivity contribution >= 4 is 27.5 Å². The second-order valence-corrected chi connectivity index (χ2v) is 6.32. The van der Waals surface area contributed by atoms with Crippen molar-refractivity contribution < 1.29 is 4.39 Å². The lowest BCUT2D eigenvalue weighted by atomic mass is 9.96. The van der Waals surface area contributed by atoms with Gasteiger partial charge in [0.25, 0.3) is 0 Å². The molecule has 0 spiro atoms. The van der Waals surface area contributed by atoms with Crippen molar-refractivity contribution in [3.05, 3.63) is 68.4 Å². The first-order valence-electron chi connectivity index (χ1n) is 6.94. The molecule has 0 fully saturated rings. The molecule has 0 aliphatic carbocycles. The Labute approximate surface area is 138 Å². The Hall–Kier alpha value is -0.900. The Kier molecular flexibility index (Phi) is 5.80. The van der Waals surface area contributed by atoms with Crippen LogP contribution in [0, 0.1) is 12.7 Å². The van der Waals surface area contributed by atoms with Crippen LogP contribution in [0.5, 0.6) is 0 Å². The number of likely N-dealkylation sites (N-methyl/N-ethyl adjacent to an activating group) is 1. The van der Waals surface area contributed by atoms with Gasteiger partial charge in [-0.1, -0.05) is 30.7 Å². The Morgan fingerprint density at radius 1 is 1.24 bits per heavy atom. The van der Waals surface area contributed by atoms with Crippen LogP contribution in [0.4, 0.5) is 4.39 Å². The Balaban J connectivity index is 2.30. The normalized spacial score (nSPS) is 12.4. The first-order chi connectivity index (χ1) is 10.0. The SMILES string of the molecule is CCNC(Cc1cc(F)ccc1C)c1ccc(Br)c(Cl)c1. The van der Waals surface area contributed by atoms with E-state index >= 15 is 0 Å². The van der Waals surface area contributed by atoms with Crippen molar-refractivity contribution in [3.8, 4) is 0 Å². The molecule has 0 aliphatic heterocycles. The lowest BCUT2D eigenvalue weighted by molar-refractivity contribution is 0.545. The van der Waals surface area contributed by atoms with Gasteiger partial charge in [0.15, 0.2) is 0 Å². The van der Waals surface area contributed by atoms with Gasteiger partial charge in [-0.2, -0.15) is 0 Å². The highest BCUT2D eigenvalue weighted by molar-refractivity contribution is 9.10. The summed E-state index contributed by atoms with van der Waals surface area (Å²) in [6.45, 7) is 4.91. The maximum absolute atomic E-state index is 13.5. The molecule has 0 saturated carbocycles. The molecule has 1 N–H and O–H groups in total.